The van der Waals surface area contributed by atoms with Crippen LogP contribution >= 0.6 is 0 Å². The molecule has 10 heteroatoms. The van der Waals surface area contributed by atoms with Crippen molar-refractivity contribution in [3.63, 3.8) is 0 Å². The molecular formula is C20H19N7O3. The van der Waals surface area contributed by atoms with E-state index in [4.69, 9.17) is 5.73 Å². The molecule has 2 atom stereocenters. The van der Waals surface area contributed by atoms with E-state index < -0.39 is 0 Å². The lowest BCUT2D eigenvalue weighted by atomic mass is 9.82. The zero-order valence-corrected chi connectivity index (χ0v) is 16.0. The van der Waals surface area contributed by atoms with Gasteiger partial charge in [0, 0.05) is 55.0 Å². The summed E-state index contributed by atoms with van der Waals surface area (Å²) in [4.78, 5) is 46.8. The average molecular weight is 405 g/mol. The molecule has 3 aromatic heterocycles. The maximum atomic E-state index is 12.9. The van der Waals surface area contributed by atoms with Gasteiger partial charge in [-0.1, -0.05) is 0 Å². The van der Waals surface area contributed by atoms with Gasteiger partial charge in [0.15, 0.2) is 0 Å². The van der Waals surface area contributed by atoms with Gasteiger partial charge in [0.2, 0.25) is 0 Å². The number of hydrogen-bond donors (Lipinski definition) is 2. The van der Waals surface area contributed by atoms with Crippen LogP contribution in [0, 0.1) is 5.92 Å². The van der Waals surface area contributed by atoms with E-state index in [1.165, 1.54) is 18.5 Å². The number of aromatic nitrogens is 5. The Balaban J connectivity index is 1.49. The standard InChI is InChI=1S/C20H19N7O3/c21-17-6-15(22-10-23-17)12-4-16-13-3-11(8-27(16)19(29)5-12)7-26(9-13)20(30)14-1-2-18(28)25-24-14/h1-2,4-6,10-11,13H,3,7-9H2,(H,25,28)(H2,21,22,23)/t11-,13+/m0/s1. The Morgan fingerprint density at radius 2 is 1.97 bits per heavy atom. The molecule has 5 heterocycles. The molecule has 0 spiro atoms. The topological polar surface area (TPSA) is 140 Å². The fraction of sp³-hybridized carbons (Fsp3) is 0.300. The molecular weight excluding hydrogens is 386 g/mol. The molecule has 10 nitrogen and oxygen atoms in total. The van der Waals surface area contributed by atoms with Gasteiger partial charge in [-0.2, -0.15) is 5.10 Å². The molecule has 0 aromatic carbocycles. The van der Waals surface area contributed by atoms with Gasteiger partial charge in [-0.3, -0.25) is 14.4 Å². The molecule has 3 N–H and O–H groups in total. The molecule has 1 amide bonds. The van der Waals surface area contributed by atoms with Crippen molar-refractivity contribution in [2.75, 3.05) is 18.8 Å². The number of rotatable bonds is 2. The maximum absolute atomic E-state index is 12.9. The number of hydrogen-bond acceptors (Lipinski definition) is 7. The summed E-state index contributed by atoms with van der Waals surface area (Å²) in [6.45, 7) is 1.58. The van der Waals surface area contributed by atoms with Crippen LogP contribution in [0.3, 0.4) is 0 Å². The Labute approximate surface area is 170 Å². The van der Waals surface area contributed by atoms with Crippen LogP contribution in [0.15, 0.2) is 46.2 Å². The van der Waals surface area contributed by atoms with Gasteiger partial charge in [0.1, 0.15) is 17.8 Å². The van der Waals surface area contributed by atoms with E-state index in [0.717, 1.165) is 12.1 Å². The lowest BCUT2D eigenvalue weighted by Gasteiger charge is -2.42. The van der Waals surface area contributed by atoms with Crippen LogP contribution in [0.1, 0.15) is 28.5 Å². The Hall–Kier alpha value is -3.82. The Morgan fingerprint density at radius 1 is 1.10 bits per heavy atom. The van der Waals surface area contributed by atoms with Gasteiger partial charge in [0.25, 0.3) is 17.0 Å². The molecule has 152 valence electrons. The third-order valence-corrected chi connectivity index (χ3v) is 5.73. The number of nitrogens with one attached hydrogen (secondary N) is 1. The first-order valence-corrected chi connectivity index (χ1v) is 9.65. The first kappa shape index (κ1) is 18.2. The number of carbonyl (C=O) groups excluding carboxylic acids is 1. The van der Waals surface area contributed by atoms with E-state index in [2.05, 4.69) is 20.2 Å². The number of pyridine rings is 1. The zero-order valence-electron chi connectivity index (χ0n) is 16.0. The molecule has 0 unspecified atom stereocenters. The number of nitrogens with zero attached hydrogens (tertiary/aromatic N) is 5. The first-order chi connectivity index (χ1) is 14.5. The second-order valence-electron chi connectivity index (χ2n) is 7.76. The second kappa shape index (κ2) is 6.90. The highest BCUT2D eigenvalue weighted by Gasteiger charge is 2.37. The van der Waals surface area contributed by atoms with Gasteiger partial charge < -0.3 is 15.2 Å². The van der Waals surface area contributed by atoms with E-state index in [1.807, 2.05) is 6.07 Å². The number of carbonyl (C=O) groups is 1. The van der Waals surface area contributed by atoms with E-state index >= 15 is 0 Å². The number of nitrogens with two attached hydrogens (primary N) is 1. The summed E-state index contributed by atoms with van der Waals surface area (Å²) >= 11 is 0. The third kappa shape index (κ3) is 3.15. The highest BCUT2D eigenvalue weighted by molar-refractivity contribution is 5.92. The number of amides is 1. The van der Waals surface area contributed by atoms with Gasteiger partial charge >= 0.3 is 0 Å². The van der Waals surface area contributed by atoms with Crippen molar-refractivity contribution >= 4 is 11.7 Å². The van der Waals surface area contributed by atoms with E-state index in [1.54, 1.807) is 21.6 Å². The quantitative estimate of drug-likeness (QED) is 0.622. The molecule has 5 rings (SSSR count). The van der Waals surface area contributed by atoms with Crippen molar-refractivity contribution in [2.45, 2.75) is 18.9 Å². The largest absolute Gasteiger partial charge is 0.384 e. The Bertz CT molecular complexity index is 1250. The van der Waals surface area contributed by atoms with Crippen LogP contribution in [0.2, 0.25) is 0 Å². The highest BCUT2D eigenvalue weighted by Crippen LogP contribution is 2.36. The zero-order chi connectivity index (χ0) is 20.8. The van der Waals surface area contributed by atoms with E-state index in [9.17, 15) is 14.4 Å². The summed E-state index contributed by atoms with van der Waals surface area (Å²) in [6, 6.07) is 7.88. The molecule has 0 radical (unpaired) electrons. The maximum Gasteiger partial charge on any atom is 0.274 e. The first-order valence-electron chi connectivity index (χ1n) is 9.65. The highest BCUT2D eigenvalue weighted by atomic mass is 16.2. The second-order valence-corrected chi connectivity index (χ2v) is 7.76. The Kier molecular flexibility index (Phi) is 4.19. The number of nitrogen functional groups attached to an aromatic ring is 1. The van der Waals surface area contributed by atoms with Gasteiger partial charge in [-0.15, -0.1) is 0 Å². The molecule has 2 aliphatic rings. The van der Waals surface area contributed by atoms with Crippen LogP contribution in [0.25, 0.3) is 11.3 Å². The average Bonchev–Trinajstić information content (AvgIpc) is 2.74. The smallest absolute Gasteiger partial charge is 0.274 e. The van der Waals surface area contributed by atoms with Gasteiger partial charge in [-0.25, -0.2) is 15.1 Å². The van der Waals surface area contributed by atoms with Crippen molar-refractivity contribution in [3.05, 3.63) is 68.8 Å². The monoisotopic (exact) mass is 405 g/mol. The van der Waals surface area contributed by atoms with Crippen molar-refractivity contribution in [1.82, 2.24) is 29.6 Å². The summed E-state index contributed by atoms with van der Waals surface area (Å²) in [5.74, 6) is 0.314. The number of piperidine rings is 1. The van der Waals surface area contributed by atoms with Gasteiger partial charge in [0.05, 0.1) is 5.69 Å². The predicted molar refractivity (Wildman–Crippen MR) is 108 cm³/mol. The van der Waals surface area contributed by atoms with Crippen molar-refractivity contribution in [2.24, 2.45) is 5.92 Å². The fourth-order valence-electron chi connectivity index (χ4n) is 4.43. The van der Waals surface area contributed by atoms with Crippen molar-refractivity contribution in [1.29, 1.82) is 0 Å². The predicted octanol–water partition coefficient (Wildman–Crippen LogP) is 0.230. The van der Waals surface area contributed by atoms with Crippen molar-refractivity contribution in [3.8, 4) is 11.3 Å². The van der Waals surface area contributed by atoms with Crippen LogP contribution in [0.5, 0.6) is 0 Å². The third-order valence-electron chi connectivity index (χ3n) is 5.73. The van der Waals surface area contributed by atoms with Crippen LogP contribution < -0.4 is 16.9 Å². The molecule has 0 aliphatic carbocycles. The number of aromatic amines is 1. The molecule has 0 saturated carbocycles. The van der Waals surface area contributed by atoms with Gasteiger partial charge in [-0.05, 0) is 24.5 Å². The minimum atomic E-state index is -0.353. The van der Waals surface area contributed by atoms with E-state index in [0.29, 0.717) is 36.7 Å². The molecule has 1 fully saturated rings. The van der Waals surface area contributed by atoms with Crippen LogP contribution in [-0.4, -0.2) is 48.6 Å². The molecule has 1 saturated heterocycles. The van der Waals surface area contributed by atoms with Crippen LogP contribution in [0.4, 0.5) is 5.82 Å². The lowest BCUT2D eigenvalue weighted by Crippen LogP contribution is -2.49. The molecule has 2 bridgehead atoms. The molecule has 3 aromatic rings. The number of H-pyrrole nitrogens is 1. The summed E-state index contributed by atoms with van der Waals surface area (Å²) in [7, 11) is 0. The minimum absolute atomic E-state index is 0.0241. The fourth-order valence-corrected chi connectivity index (χ4v) is 4.43. The van der Waals surface area contributed by atoms with Crippen LogP contribution in [-0.2, 0) is 6.54 Å². The van der Waals surface area contributed by atoms with Crippen molar-refractivity contribution < 1.29 is 4.79 Å². The molecule has 2 aliphatic heterocycles. The summed E-state index contributed by atoms with van der Waals surface area (Å²) < 4.78 is 1.80. The SMILES string of the molecule is Nc1cc(-c2cc3n(c(=O)c2)C[C@H]2C[C@@H]3CN(C(=O)c3ccc(=O)[nH]n3)C2)ncn1. The summed E-state index contributed by atoms with van der Waals surface area (Å²) in [6.07, 6.45) is 2.27. The summed E-state index contributed by atoms with van der Waals surface area (Å²) in [5.41, 5.74) is 7.69. The number of likely N-dealkylation sites (tertiary alicyclic amines) is 1. The normalized spacial score (nSPS) is 19.9. The lowest BCUT2D eigenvalue weighted by molar-refractivity contribution is 0.0587. The summed E-state index contributed by atoms with van der Waals surface area (Å²) in [5, 5.41) is 6.16. The van der Waals surface area contributed by atoms with E-state index in [-0.39, 0.29) is 34.6 Å². The number of fused-ring (bicyclic) bond motifs is 4. The minimum Gasteiger partial charge on any atom is -0.384 e. The molecule has 30 heavy (non-hydrogen) atoms. The Morgan fingerprint density at radius 3 is 2.73 bits per heavy atom. The number of anilines is 1.